The lowest BCUT2D eigenvalue weighted by atomic mass is 10.2. The van der Waals surface area contributed by atoms with Gasteiger partial charge >= 0.3 is 0 Å². The molecule has 0 aromatic heterocycles. The van der Waals surface area contributed by atoms with Gasteiger partial charge in [0.2, 0.25) is 11.8 Å². The summed E-state index contributed by atoms with van der Waals surface area (Å²) in [6, 6.07) is 5.22. The summed E-state index contributed by atoms with van der Waals surface area (Å²) in [5, 5.41) is 2.76. The molecule has 1 saturated heterocycles. The van der Waals surface area contributed by atoms with Crippen LogP contribution >= 0.6 is 0 Å². The molecule has 0 unspecified atom stereocenters. The second-order valence-electron chi connectivity index (χ2n) is 5.88. The molecule has 7 heteroatoms. The van der Waals surface area contributed by atoms with Crippen molar-refractivity contribution in [2.45, 2.75) is 57.0 Å². The highest BCUT2D eigenvalue weighted by atomic mass is 32.2. The summed E-state index contributed by atoms with van der Waals surface area (Å²) >= 11 is 0. The first-order valence-electron chi connectivity index (χ1n) is 7.71. The molecule has 6 nitrogen and oxygen atoms in total. The van der Waals surface area contributed by atoms with Crippen LogP contribution in [0.5, 0.6) is 0 Å². The highest BCUT2D eigenvalue weighted by Gasteiger charge is 2.44. The van der Waals surface area contributed by atoms with Gasteiger partial charge in [-0.1, -0.05) is 24.6 Å². The summed E-state index contributed by atoms with van der Waals surface area (Å²) in [6.07, 6.45) is 1.01. The number of carbonyl (C=O) groups excluding carboxylic acids is 2. The predicted octanol–water partition coefficient (Wildman–Crippen LogP) is 1.59. The second-order valence-corrected chi connectivity index (χ2v) is 7.69. The molecule has 1 aliphatic heterocycles. The van der Waals surface area contributed by atoms with Crippen LogP contribution in [-0.4, -0.2) is 36.6 Å². The first-order chi connectivity index (χ1) is 10.8. The van der Waals surface area contributed by atoms with Crippen LogP contribution in [0.3, 0.4) is 0 Å². The zero-order chi connectivity index (χ0) is 17.2. The van der Waals surface area contributed by atoms with Crippen molar-refractivity contribution in [2.24, 2.45) is 0 Å². The Morgan fingerprint density at radius 2 is 1.96 bits per heavy atom. The molecule has 1 aliphatic rings. The number of nitrogens with zero attached hydrogens (tertiary/aromatic N) is 1. The van der Waals surface area contributed by atoms with E-state index in [2.05, 4.69) is 5.32 Å². The fourth-order valence-corrected chi connectivity index (χ4v) is 4.07. The molecule has 2 rings (SSSR count). The van der Waals surface area contributed by atoms with Crippen molar-refractivity contribution in [3.8, 4) is 0 Å². The molecule has 23 heavy (non-hydrogen) atoms. The van der Waals surface area contributed by atoms with Crippen molar-refractivity contribution in [3.63, 3.8) is 0 Å². The van der Waals surface area contributed by atoms with Crippen molar-refractivity contribution in [3.05, 3.63) is 29.8 Å². The first kappa shape index (κ1) is 17.5. The molecule has 0 saturated carbocycles. The monoisotopic (exact) mass is 338 g/mol. The maximum absolute atomic E-state index is 12.8. The molecule has 1 aromatic rings. The van der Waals surface area contributed by atoms with E-state index in [0.717, 1.165) is 16.3 Å². The van der Waals surface area contributed by atoms with E-state index in [9.17, 15) is 18.0 Å². The quantitative estimate of drug-likeness (QED) is 0.884. The Kier molecular flexibility index (Phi) is 5.09. The van der Waals surface area contributed by atoms with Gasteiger partial charge in [-0.05, 0) is 38.8 Å². The Bertz CT molecular complexity index is 697. The third-order valence-electron chi connectivity index (χ3n) is 4.04. The van der Waals surface area contributed by atoms with Crippen molar-refractivity contribution in [2.75, 3.05) is 0 Å². The lowest BCUT2D eigenvalue weighted by molar-refractivity contribution is -0.131. The third kappa shape index (κ3) is 3.55. The molecule has 0 spiro atoms. The predicted molar refractivity (Wildman–Crippen MR) is 86.1 cm³/mol. The zero-order valence-electron chi connectivity index (χ0n) is 13.6. The maximum atomic E-state index is 12.8. The minimum atomic E-state index is -4.02. The Labute approximate surface area is 136 Å². The number of amides is 2. The van der Waals surface area contributed by atoms with E-state index in [4.69, 9.17) is 0 Å². The molecule has 0 aliphatic carbocycles. The van der Waals surface area contributed by atoms with Gasteiger partial charge in [-0.25, -0.2) is 12.7 Å². The van der Waals surface area contributed by atoms with E-state index in [1.807, 2.05) is 20.8 Å². The largest absolute Gasteiger partial charge is 0.352 e. The second kappa shape index (κ2) is 6.70. The Morgan fingerprint density at radius 1 is 1.35 bits per heavy atom. The van der Waals surface area contributed by atoms with Crippen LogP contribution in [0.15, 0.2) is 29.2 Å². The van der Waals surface area contributed by atoms with E-state index in [1.165, 1.54) is 12.1 Å². The zero-order valence-corrected chi connectivity index (χ0v) is 14.4. The van der Waals surface area contributed by atoms with E-state index < -0.39 is 27.9 Å². The minimum absolute atomic E-state index is 0.0275. The molecule has 1 aromatic carbocycles. The molecule has 1 heterocycles. The van der Waals surface area contributed by atoms with Crippen LogP contribution in [0.1, 0.15) is 38.7 Å². The maximum Gasteiger partial charge on any atom is 0.267 e. The number of nitrogens with one attached hydrogen (secondary N) is 1. The van der Waals surface area contributed by atoms with Gasteiger partial charge in [0, 0.05) is 12.5 Å². The van der Waals surface area contributed by atoms with Gasteiger partial charge in [0.05, 0.1) is 4.90 Å². The van der Waals surface area contributed by atoms with Crippen molar-refractivity contribution in [1.82, 2.24) is 9.62 Å². The number of aryl methyl sites for hydroxylation is 1. The van der Waals surface area contributed by atoms with E-state index >= 15 is 0 Å². The summed E-state index contributed by atoms with van der Waals surface area (Å²) in [4.78, 5) is 24.5. The SMILES string of the molecule is CC[C@@H](C)NC(=O)[C@H]1CCC(=O)N1S(=O)(=O)c1ccc(C)cc1. The Morgan fingerprint density at radius 3 is 2.52 bits per heavy atom. The number of benzene rings is 1. The van der Waals surface area contributed by atoms with Crippen molar-refractivity contribution in [1.29, 1.82) is 0 Å². The highest BCUT2D eigenvalue weighted by molar-refractivity contribution is 7.89. The van der Waals surface area contributed by atoms with Gasteiger partial charge in [-0.2, -0.15) is 0 Å². The standard InChI is InChI=1S/C16H22N2O4S/c1-4-12(3)17-16(20)14-9-10-15(19)18(14)23(21,22)13-7-5-11(2)6-8-13/h5-8,12,14H,4,9-10H2,1-3H3,(H,17,20)/t12-,14-/m1/s1. The summed E-state index contributed by atoms with van der Waals surface area (Å²) in [7, 11) is -4.02. The van der Waals surface area contributed by atoms with Gasteiger partial charge in [-0.3, -0.25) is 9.59 Å². The minimum Gasteiger partial charge on any atom is -0.352 e. The topological polar surface area (TPSA) is 83.6 Å². The molecule has 126 valence electrons. The Balaban J connectivity index is 2.32. The third-order valence-corrected chi connectivity index (χ3v) is 5.89. The summed E-state index contributed by atoms with van der Waals surface area (Å²) in [5.41, 5.74) is 0.919. The molecule has 0 bridgehead atoms. The molecular formula is C16H22N2O4S. The number of sulfonamides is 1. The van der Waals surface area contributed by atoms with Crippen molar-refractivity contribution < 1.29 is 18.0 Å². The van der Waals surface area contributed by atoms with Crippen LogP contribution in [0, 0.1) is 6.92 Å². The highest BCUT2D eigenvalue weighted by Crippen LogP contribution is 2.27. The van der Waals surface area contributed by atoms with Crippen LogP contribution < -0.4 is 5.32 Å². The number of hydrogen-bond donors (Lipinski definition) is 1. The van der Waals surface area contributed by atoms with Gasteiger partial charge < -0.3 is 5.32 Å². The van der Waals surface area contributed by atoms with E-state index in [0.29, 0.717) is 0 Å². The average Bonchev–Trinajstić information content (AvgIpc) is 2.90. The normalized spacial score (nSPS) is 19.7. The van der Waals surface area contributed by atoms with E-state index in [-0.39, 0.29) is 23.8 Å². The number of carbonyl (C=O) groups is 2. The summed E-state index contributed by atoms with van der Waals surface area (Å²) in [6.45, 7) is 5.61. The number of rotatable bonds is 5. The van der Waals surface area contributed by atoms with Crippen LogP contribution in [0.25, 0.3) is 0 Å². The fraction of sp³-hybridized carbons (Fsp3) is 0.500. The van der Waals surface area contributed by atoms with Gasteiger partial charge in [0.25, 0.3) is 10.0 Å². The average molecular weight is 338 g/mol. The summed E-state index contributed by atoms with van der Waals surface area (Å²) in [5.74, 6) is -0.948. The van der Waals surface area contributed by atoms with Gasteiger partial charge in [0.1, 0.15) is 6.04 Å². The molecule has 1 fully saturated rings. The lowest BCUT2D eigenvalue weighted by Crippen LogP contribution is -2.49. The lowest BCUT2D eigenvalue weighted by Gasteiger charge is -2.25. The molecule has 2 atom stereocenters. The van der Waals surface area contributed by atoms with E-state index in [1.54, 1.807) is 12.1 Å². The smallest absolute Gasteiger partial charge is 0.267 e. The molecule has 2 amide bonds. The summed E-state index contributed by atoms with van der Waals surface area (Å²) < 4.78 is 26.2. The van der Waals surface area contributed by atoms with Gasteiger partial charge in [-0.15, -0.1) is 0 Å². The van der Waals surface area contributed by atoms with Crippen LogP contribution in [0.4, 0.5) is 0 Å². The van der Waals surface area contributed by atoms with Crippen LogP contribution in [-0.2, 0) is 19.6 Å². The van der Waals surface area contributed by atoms with Gasteiger partial charge in [0.15, 0.2) is 0 Å². The molecule has 0 radical (unpaired) electrons. The van der Waals surface area contributed by atoms with Crippen molar-refractivity contribution >= 4 is 21.8 Å². The molecule has 1 N–H and O–H groups in total. The van der Waals surface area contributed by atoms with Crippen LogP contribution in [0.2, 0.25) is 0 Å². The Hall–Kier alpha value is -1.89. The molecular weight excluding hydrogens is 316 g/mol. The fourth-order valence-electron chi connectivity index (χ4n) is 2.47. The number of hydrogen-bond acceptors (Lipinski definition) is 4. The first-order valence-corrected chi connectivity index (χ1v) is 9.15.